The Balaban J connectivity index is 1.50. The van der Waals surface area contributed by atoms with E-state index in [9.17, 15) is 4.79 Å². The maximum atomic E-state index is 13.2. The Bertz CT molecular complexity index is 1170. The van der Waals surface area contributed by atoms with Gasteiger partial charge in [-0.05, 0) is 49.6 Å². The van der Waals surface area contributed by atoms with Crippen LogP contribution in [0.4, 0.5) is 0 Å². The van der Waals surface area contributed by atoms with Gasteiger partial charge in [-0.15, -0.1) is 11.3 Å². The van der Waals surface area contributed by atoms with Gasteiger partial charge in [-0.3, -0.25) is 9.36 Å². The van der Waals surface area contributed by atoms with Crippen LogP contribution in [0.25, 0.3) is 21.3 Å². The average Bonchev–Trinajstić information content (AvgIpc) is 3.07. The van der Waals surface area contributed by atoms with E-state index in [0.29, 0.717) is 13.2 Å². The van der Waals surface area contributed by atoms with Crippen LogP contribution in [0.1, 0.15) is 17.7 Å². The number of rotatable bonds is 7. The van der Waals surface area contributed by atoms with Gasteiger partial charge in [-0.1, -0.05) is 46.3 Å². The van der Waals surface area contributed by atoms with Crippen molar-refractivity contribution in [1.29, 1.82) is 0 Å². The number of unbranched alkanes of at least 4 members (excludes halogenated alkanes) is 1. The molecule has 0 atom stereocenters. The van der Waals surface area contributed by atoms with E-state index in [0.717, 1.165) is 49.3 Å². The van der Waals surface area contributed by atoms with Crippen LogP contribution in [0.15, 0.2) is 70.2 Å². The van der Waals surface area contributed by atoms with Gasteiger partial charge in [0.1, 0.15) is 10.6 Å². The van der Waals surface area contributed by atoms with Gasteiger partial charge in [0.05, 0.1) is 18.3 Å². The SMILES string of the molecule is Cc1sc2ncn(CCCCOc3ccccc3)c(=O)c2c1-c1ccc(Br)cc1. The van der Waals surface area contributed by atoms with E-state index in [-0.39, 0.29) is 5.56 Å². The Hall–Kier alpha value is -2.44. The van der Waals surface area contributed by atoms with Crippen molar-refractivity contribution in [2.75, 3.05) is 6.61 Å². The molecule has 0 radical (unpaired) electrons. The molecule has 0 saturated carbocycles. The molecule has 6 heteroatoms. The summed E-state index contributed by atoms with van der Waals surface area (Å²) in [5.41, 5.74) is 2.07. The molecule has 0 aliphatic heterocycles. The number of aryl methyl sites for hydroxylation is 2. The zero-order valence-electron chi connectivity index (χ0n) is 16.1. The molecular formula is C23H21BrN2O2S. The molecule has 4 nitrogen and oxygen atoms in total. The fourth-order valence-corrected chi connectivity index (χ4v) is 4.62. The Labute approximate surface area is 181 Å². The van der Waals surface area contributed by atoms with Gasteiger partial charge in [-0.2, -0.15) is 0 Å². The number of benzene rings is 2. The molecule has 0 fully saturated rings. The van der Waals surface area contributed by atoms with Crippen LogP contribution in [0.5, 0.6) is 5.75 Å². The summed E-state index contributed by atoms with van der Waals surface area (Å²) in [6.07, 6.45) is 3.41. The van der Waals surface area contributed by atoms with Gasteiger partial charge in [-0.25, -0.2) is 4.98 Å². The molecule has 0 N–H and O–H groups in total. The van der Waals surface area contributed by atoms with Crippen molar-refractivity contribution in [3.05, 3.63) is 80.6 Å². The summed E-state index contributed by atoms with van der Waals surface area (Å²) in [7, 11) is 0. The lowest BCUT2D eigenvalue weighted by Gasteiger charge is -2.08. The van der Waals surface area contributed by atoms with Crippen LogP contribution in [-0.4, -0.2) is 16.2 Å². The predicted octanol–water partition coefficient (Wildman–Crippen LogP) is 6.06. The van der Waals surface area contributed by atoms with E-state index in [1.165, 1.54) is 0 Å². The van der Waals surface area contributed by atoms with E-state index in [2.05, 4.69) is 27.8 Å². The largest absolute Gasteiger partial charge is 0.494 e. The second-order valence-electron chi connectivity index (χ2n) is 6.83. The highest BCUT2D eigenvalue weighted by atomic mass is 79.9. The Morgan fingerprint density at radius 1 is 1.07 bits per heavy atom. The monoisotopic (exact) mass is 468 g/mol. The molecule has 29 heavy (non-hydrogen) atoms. The van der Waals surface area contributed by atoms with Crippen molar-refractivity contribution in [3.63, 3.8) is 0 Å². The van der Waals surface area contributed by atoms with Gasteiger partial charge < -0.3 is 4.74 Å². The summed E-state index contributed by atoms with van der Waals surface area (Å²) >= 11 is 5.05. The lowest BCUT2D eigenvalue weighted by Crippen LogP contribution is -2.20. The molecule has 0 spiro atoms. The number of ether oxygens (including phenoxy) is 1. The zero-order chi connectivity index (χ0) is 20.2. The van der Waals surface area contributed by atoms with Crippen molar-refractivity contribution in [2.45, 2.75) is 26.3 Å². The number of hydrogen-bond donors (Lipinski definition) is 0. The standard InChI is InChI=1S/C23H21BrN2O2S/c1-16-20(17-9-11-18(24)12-10-17)21-22(29-16)25-15-26(23(21)27)13-5-6-14-28-19-7-3-2-4-8-19/h2-4,7-12,15H,5-6,13-14H2,1H3. The fraction of sp³-hybridized carbons (Fsp3) is 0.217. The third kappa shape index (κ3) is 4.43. The lowest BCUT2D eigenvalue weighted by atomic mass is 10.0. The molecule has 148 valence electrons. The Kier molecular flexibility index (Phi) is 6.11. The number of para-hydroxylation sites is 1. The van der Waals surface area contributed by atoms with E-state index >= 15 is 0 Å². The summed E-state index contributed by atoms with van der Waals surface area (Å²) in [5.74, 6) is 0.876. The molecule has 0 bridgehead atoms. The van der Waals surface area contributed by atoms with Gasteiger partial charge in [0.2, 0.25) is 0 Å². The van der Waals surface area contributed by atoms with E-state index < -0.39 is 0 Å². The van der Waals surface area contributed by atoms with Gasteiger partial charge in [0.25, 0.3) is 5.56 Å². The topological polar surface area (TPSA) is 44.1 Å². The molecule has 0 saturated heterocycles. The van der Waals surface area contributed by atoms with E-state index in [1.54, 1.807) is 22.2 Å². The van der Waals surface area contributed by atoms with E-state index in [1.807, 2.05) is 54.6 Å². The first-order valence-corrected chi connectivity index (χ1v) is 11.2. The number of fused-ring (bicyclic) bond motifs is 1. The van der Waals surface area contributed by atoms with Crippen molar-refractivity contribution in [3.8, 4) is 16.9 Å². The number of nitrogens with zero attached hydrogens (tertiary/aromatic N) is 2. The molecule has 0 aliphatic carbocycles. The number of thiophene rings is 1. The van der Waals surface area contributed by atoms with Crippen LogP contribution in [0, 0.1) is 6.92 Å². The summed E-state index contributed by atoms with van der Waals surface area (Å²) in [4.78, 5) is 19.6. The lowest BCUT2D eigenvalue weighted by molar-refractivity contribution is 0.303. The van der Waals surface area contributed by atoms with Crippen LogP contribution in [-0.2, 0) is 6.54 Å². The molecular weight excluding hydrogens is 448 g/mol. The van der Waals surface area contributed by atoms with Crippen molar-refractivity contribution in [1.82, 2.24) is 9.55 Å². The summed E-state index contributed by atoms with van der Waals surface area (Å²) < 4.78 is 8.47. The first-order valence-electron chi connectivity index (χ1n) is 9.56. The minimum absolute atomic E-state index is 0.0289. The van der Waals surface area contributed by atoms with Crippen LogP contribution < -0.4 is 10.3 Å². The highest BCUT2D eigenvalue weighted by Crippen LogP contribution is 2.35. The average molecular weight is 469 g/mol. The quantitative estimate of drug-likeness (QED) is 0.309. The van der Waals surface area contributed by atoms with Gasteiger partial charge in [0, 0.05) is 21.5 Å². The molecule has 2 aromatic heterocycles. The normalized spacial score (nSPS) is 11.1. The minimum atomic E-state index is 0.0289. The molecule has 4 aromatic rings. The van der Waals surface area contributed by atoms with Crippen molar-refractivity contribution >= 4 is 37.5 Å². The molecule has 2 heterocycles. The highest BCUT2D eigenvalue weighted by Gasteiger charge is 2.16. The smallest absolute Gasteiger partial charge is 0.262 e. The minimum Gasteiger partial charge on any atom is -0.494 e. The molecule has 0 unspecified atom stereocenters. The fourth-order valence-electron chi connectivity index (χ4n) is 3.35. The second-order valence-corrected chi connectivity index (χ2v) is 8.95. The first-order chi connectivity index (χ1) is 14.1. The molecule has 0 aliphatic rings. The van der Waals surface area contributed by atoms with Crippen molar-refractivity contribution in [2.24, 2.45) is 0 Å². The molecule has 0 amide bonds. The van der Waals surface area contributed by atoms with Crippen LogP contribution in [0.3, 0.4) is 0 Å². The third-order valence-corrected chi connectivity index (χ3v) is 6.33. The molecule has 4 rings (SSSR count). The summed E-state index contributed by atoms with van der Waals surface area (Å²) in [6.45, 7) is 3.32. The summed E-state index contributed by atoms with van der Waals surface area (Å²) in [6, 6.07) is 17.9. The first kappa shape index (κ1) is 19.9. The Morgan fingerprint density at radius 3 is 2.59 bits per heavy atom. The van der Waals surface area contributed by atoms with Crippen molar-refractivity contribution < 1.29 is 4.74 Å². The van der Waals surface area contributed by atoms with E-state index in [4.69, 9.17) is 4.74 Å². The Morgan fingerprint density at radius 2 is 1.83 bits per heavy atom. The maximum Gasteiger partial charge on any atom is 0.262 e. The van der Waals surface area contributed by atoms with Gasteiger partial charge in [0.15, 0.2) is 0 Å². The number of aromatic nitrogens is 2. The van der Waals surface area contributed by atoms with Crippen LogP contribution in [0.2, 0.25) is 0 Å². The maximum absolute atomic E-state index is 13.2. The van der Waals surface area contributed by atoms with Gasteiger partial charge >= 0.3 is 0 Å². The van der Waals surface area contributed by atoms with Crippen LogP contribution >= 0.6 is 27.3 Å². The molecule has 2 aromatic carbocycles. The highest BCUT2D eigenvalue weighted by molar-refractivity contribution is 9.10. The predicted molar refractivity (Wildman–Crippen MR) is 123 cm³/mol. The summed E-state index contributed by atoms with van der Waals surface area (Å²) in [5, 5.41) is 0.720. The second kappa shape index (κ2) is 8.93. The third-order valence-electron chi connectivity index (χ3n) is 4.79. The number of hydrogen-bond acceptors (Lipinski definition) is 4. The zero-order valence-corrected chi connectivity index (χ0v) is 18.5. The number of halogens is 1.